The zero-order valence-corrected chi connectivity index (χ0v) is 19.1. The fourth-order valence-corrected chi connectivity index (χ4v) is 6.54. The quantitative estimate of drug-likeness (QED) is 0.467. The molecule has 1 aliphatic rings. The Bertz CT molecular complexity index is 1190. The molecule has 3 aromatic rings. The number of sulfone groups is 1. The highest BCUT2D eigenvalue weighted by Crippen LogP contribution is 2.33. The van der Waals surface area contributed by atoms with Crippen LogP contribution in [0.3, 0.4) is 0 Å². The Kier molecular flexibility index (Phi) is 5.88. The predicted molar refractivity (Wildman–Crippen MR) is 121 cm³/mol. The average molecular weight is 465 g/mol. The molecule has 1 aromatic heterocycles. The minimum absolute atomic E-state index is 0.0821. The summed E-state index contributed by atoms with van der Waals surface area (Å²) in [5, 5.41) is 2.27. The van der Waals surface area contributed by atoms with Crippen LogP contribution in [0.5, 0.6) is 0 Å². The zero-order valence-electron chi connectivity index (χ0n) is 16.7. The van der Waals surface area contributed by atoms with Crippen molar-refractivity contribution in [2.45, 2.75) is 36.8 Å². The summed E-state index contributed by atoms with van der Waals surface area (Å²) in [5.74, 6) is -0.617. The van der Waals surface area contributed by atoms with Crippen LogP contribution >= 0.6 is 22.9 Å². The van der Waals surface area contributed by atoms with Crippen LogP contribution in [-0.4, -0.2) is 31.7 Å². The van der Waals surface area contributed by atoms with Gasteiger partial charge in [-0.3, -0.25) is 0 Å². The van der Waals surface area contributed by atoms with Crippen molar-refractivity contribution in [3.8, 4) is 11.3 Å². The molecule has 0 radical (unpaired) electrons. The molecule has 4 rings (SSSR count). The molecule has 1 saturated heterocycles. The van der Waals surface area contributed by atoms with E-state index in [4.69, 9.17) is 16.6 Å². The van der Waals surface area contributed by atoms with E-state index in [9.17, 15) is 12.8 Å². The second-order valence-electron chi connectivity index (χ2n) is 7.62. The summed E-state index contributed by atoms with van der Waals surface area (Å²) in [6.45, 7) is 5.40. The minimum Gasteiger partial charge on any atom is -0.348 e. The van der Waals surface area contributed by atoms with E-state index in [1.54, 1.807) is 11.3 Å². The van der Waals surface area contributed by atoms with Crippen LogP contribution in [0.25, 0.3) is 11.3 Å². The molecule has 0 saturated carbocycles. The van der Waals surface area contributed by atoms with Crippen molar-refractivity contribution in [3.05, 3.63) is 63.7 Å². The first-order valence-electron chi connectivity index (χ1n) is 9.73. The number of hydrogen-bond acceptors (Lipinski definition) is 5. The average Bonchev–Trinajstić information content (AvgIpc) is 3.22. The summed E-state index contributed by atoms with van der Waals surface area (Å²) in [6, 6.07) is 9.92. The molecule has 8 heteroatoms. The summed E-state index contributed by atoms with van der Waals surface area (Å²) in [7, 11) is -3.55. The second-order valence-corrected chi connectivity index (χ2v) is 11.1. The monoisotopic (exact) mass is 464 g/mol. The van der Waals surface area contributed by atoms with Crippen LogP contribution < -0.4 is 4.90 Å². The molecule has 0 atom stereocenters. The molecule has 0 bridgehead atoms. The van der Waals surface area contributed by atoms with Crippen molar-refractivity contribution in [3.63, 3.8) is 0 Å². The van der Waals surface area contributed by atoms with Crippen molar-refractivity contribution >= 4 is 37.9 Å². The number of nitrogens with zero attached hydrogens (tertiary/aromatic N) is 2. The number of aromatic nitrogens is 1. The Hall–Kier alpha value is -1.96. The van der Waals surface area contributed by atoms with Crippen LogP contribution in [0.15, 0.2) is 46.7 Å². The summed E-state index contributed by atoms with van der Waals surface area (Å²) >= 11 is 7.35. The lowest BCUT2D eigenvalue weighted by Gasteiger charge is -2.31. The first kappa shape index (κ1) is 21.3. The molecule has 4 nitrogen and oxygen atoms in total. The molecule has 0 unspecified atom stereocenters. The third-order valence-electron chi connectivity index (χ3n) is 5.67. The second kappa shape index (κ2) is 8.29. The lowest BCUT2D eigenvalue weighted by Crippen LogP contribution is -2.39. The van der Waals surface area contributed by atoms with Gasteiger partial charge in [-0.25, -0.2) is 17.8 Å². The van der Waals surface area contributed by atoms with Gasteiger partial charge in [-0.15, -0.1) is 11.3 Å². The Labute approximate surface area is 185 Å². The third-order valence-corrected chi connectivity index (χ3v) is 9.12. The van der Waals surface area contributed by atoms with Gasteiger partial charge in [0.05, 0.1) is 20.9 Å². The van der Waals surface area contributed by atoms with Crippen LogP contribution in [0.4, 0.5) is 9.52 Å². The van der Waals surface area contributed by atoms with Gasteiger partial charge >= 0.3 is 0 Å². The van der Waals surface area contributed by atoms with Gasteiger partial charge in [-0.05, 0) is 62.1 Å². The topological polar surface area (TPSA) is 50.3 Å². The predicted octanol–water partition coefficient (Wildman–Crippen LogP) is 5.66. The molecular formula is C22H22ClFN2O2S2. The van der Waals surface area contributed by atoms with Crippen molar-refractivity contribution in [2.24, 2.45) is 0 Å². The molecule has 0 spiro atoms. The molecule has 0 aliphatic carbocycles. The number of thiazole rings is 1. The number of piperidine rings is 1. The van der Waals surface area contributed by atoms with E-state index in [0.29, 0.717) is 25.9 Å². The summed E-state index contributed by atoms with van der Waals surface area (Å²) in [6.07, 6.45) is 0.992. The standard InChI is InChI=1S/C22H22ClFN2O2S2/c1-14-3-4-16(11-15(14)2)21-13-29-22(25-21)26-9-7-17(8-10-26)30(27,28)18-5-6-20(24)19(23)12-18/h3-6,11-13,17H,7-10H2,1-2H3. The van der Waals surface area contributed by atoms with E-state index in [2.05, 4.69) is 36.9 Å². The number of halogens is 2. The van der Waals surface area contributed by atoms with Crippen LogP contribution in [-0.2, 0) is 9.84 Å². The number of aryl methyl sites for hydroxylation is 2. The highest BCUT2D eigenvalue weighted by molar-refractivity contribution is 7.92. The molecule has 1 aliphatic heterocycles. The lowest BCUT2D eigenvalue weighted by atomic mass is 10.1. The molecule has 2 heterocycles. The highest BCUT2D eigenvalue weighted by Gasteiger charge is 2.32. The number of hydrogen-bond donors (Lipinski definition) is 0. The minimum atomic E-state index is -3.55. The van der Waals surface area contributed by atoms with E-state index >= 15 is 0 Å². The molecule has 30 heavy (non-hydrogen) atoms. The lowest BCUT2D eigenvalue weighted by molar-refractivity contribution is 0.529. The number of benzene rings is 2. The van der Waals surface area contributed by atoms with E-state index in [1.165, 1.54) is 23.3 Å². The van der Waals surface area contributed by atoms with E-state index in [-0.39, 0.29) is 9.92 Å². The van der Waals surface area contributed by atoms with Crippen LogP contribution in [0.1, 0.15) is 24.0 Å². The van der Waals surface area contributed by atoms with Gasteiger partial charge in [0, 0.05) is 24.0 Å². The summed E-state index contributed by atoms with van der Waals surface area (Å²) in [5.41, 5.74) is 4.51. The Morgan fingerprint density at radius 1 is 1.10 bits per heavy atom. The van der Waals surface area contributed by atoms with Gasteiger partial charge in [0.1, 0.15) is 5.82 Å². The number of rotatable bonds is 4. The molecular weight excluding hydrogens is 443 g/mol. The fraction of sp³-hybridized carbons (Fsp3) is 0.318. The van der Waals surface area contributed by atoms with Gasteiger partial charge in [0.15, 0.2) is 15.0 Å². The van der Waals surface area contributed by atoms with Gasteiger partial charge in [0.2, 0.25) is 0 Å². The summed E-state index contributed by atoms with van der Waals surface area (Å²) in [4.78, 5) is 7.00. The highest BCUT2D eigenvalue weighted by atomic mass is 35.5. The van der Waals surface area contributed by atoms with Gasteiger partial charge < -0.3 is 4.90 Å². The van der Waals surface area contributed by atoms with E-state index in [0.717, 1.165) is 22.5 Å². The SMILES string of the molecule is Cc1ccc(-c2csc(N3CCC(S(=O)(=O)c4ccc(F)c(Cl)c4)CC3)n2)cc1C. The first-order chi connectivity index (χ1) is 14.3. The van der Waals surface area contributed by atoms with Crippen molar-refractivity contribution in [1.82, 2.24) is 4.98 Å². The van der Waals surface area contributed by atoms with Crippen molar-refractivity contribution in [2.75, 3.05) is 18.0 Å². The maximum absolute atomic E-state index is 13.4. The van der Waals surface area contributed by atoms with Gasteiger partial charge in [0.25, 0.3) is 0 Å². The van der Waals surface area contributed by atoms with Crippen molar-refractivity contribution in [1.29, 1.82) is 0 Å². The Morgan fingerprint density at radius 3 is 2.50 bits per heavy atom. The normalized spacial score (nSPS) is 15.5. The van der Waals surface area contributed by atoms with Gasteiger partial charge in [-0.1, -0.05) is 23.7 Å². The maximum Gasteiger partial charge on any atom is 0.185 e. The Balaban J connectivity index is 1.46. The molecule has 1 fully saturated rings. The van der Waals surface area contributed by atoms with Gasteiger partial charge in [-0.2, -0.15) is 0 Å². The first-order valence-corrected chi connectivity index (χ1v) is 12.5. The Morgan fingerprint density at radius 2 is 1.83 bits per heavy atom. The largest absolute Gasteiger partial charge is 0.348 e. The van der Waals surface area contributed by atoms with Crippen LogP contribution in [0, 0.1) is 19.7 Å². The maximum atomic E-state index is 13.4. The molecule has 158 valence electrons. The van der Waals surface area contributed by atoms with Crippen molar-refractivity contribution < 1.29 is 12.8 Å². The van der Waals surface area contributed by atoms with E-state index < -0.39 is 20.9 Å². The smallest absolute Gasteiger partial charge is 0.185 e. The van der Waals surface area contributed by atoms with E-state index in [1.807, 2.05) is 5.38 Å². The third kappa shape index (κ3) is 4.11. The zero-order chi connectivity index (χ0) is 21.5. The van der Waals surface area contributed by atoms with Crippen LogP contribution in [0.2, 0.25) is 5.02 Å². The number of anilines is 1. The summed E-state index contributed by atoms with van der Waals surface area (Å²) < 4.78 is 39.3. The molecule has 0 amide bonds. The molecule has 2 aromatic carbocycles. The molecule has 0 N–H and O–H groups in total. The fourth-order valence-electron chi connectivity index (χ4n) is 3.65.